The van der Waals surface area contributed by atoms with E-state index in [1.807, 2.05) is 18.2 Å². The van der Waals surface area contributed by atoms with Gasteiger partial charge in [-0.1, -0.05) is 18.2 Å². The molecule has 19 heteroatoms. The van der Waals surface area contributed by atoms with E-state index in [0.717, 1.165) is 0 Å². The third-order valence-electron chi connectivity index (χ3n) is 4.30. The molecule has 194 valence electrons. The lowest BCUT2D eigenvalue weighted by molar-refractivity contribution is -0.0242. The van der Waals surface area contributed by atoms with Gasteiger partial charge in [0.1, 0.15) is 17.8 Å². The lowest BCUT2D eigenvalue weighted by Gasteiger charge is -2.19. The molecule has 35 heavy (non-hydrogen) atoms. The van der Waals surface area contributed by atoms with Crippen molar-refractivity contribution in [3.8, 4) is 5.75 Å². The zero-order chi connectivity index (χ0) is 25.7. The average molecular weight is 557 g/mol. The molecular weight excluding hydrogens is 535 g/mol. The minimum absolute atomic E-state index is 0.0725. The monoisotopic (exact) mass is 557 g/mol. The quantitative estimate of drug-likeness (QED) is 0.185. The molecule has 2 aromatic rings. The normalized spacial score (nSPS) is 21.7. The number of phosphoric acid groups is 3. The highest BCUT2D eigenvalue weighted by Gasteiger charge is 2.41. The molecule has 1 aromatic carbocycles. The van der Waals surface area contributed by atoms with Crippen LogP contribution in [0.1, 0.15) is 19.1 Å². The molecule has 1 aliphatic rings. The zero-order valence-electron chi connectivity index (χ0n) is 17.7. The van der Waals surface area contributed by atoms with Crippen molar-refractivity contribution in [3.63, 3.8) is 0 Å². The smallest absolute Gasteiger partial charge is 0.473 e. The van der Waals surface area contributed by atoms with Crippen molar-refractivity contribution in [3.05, 3.63) is 53.1 Å². The van der Waals surface area contributed by atoms with Crippen LogP contribution in [0.25, 0.3) is 0 Å². The molecule has 5 N–H and O–H groups in total. The first kappa shape index (κ1) is 27.7. The van der Waals surface area contributed by atoms with Gasteiger partial charge >= 0.3 is 29.2 Å². The van der Waals surface area contributed by atoms with E-state index in [1.165, 1.54) is 16.8 Å². The van der Waals surface area contributed by atoms with Gasteiger partial charge in [-0.3, -0.25) is 9.09 Å². The van der Waals surface area contributed by atoms with E-state index in [2.05, 4.69) is 23.4 Å². The minimum Gasteiger partial charge on any atom is -0.473 e. The van der Waals surface area contributed by atoms with Gasteiger partial charge in [-0.2, -0.15) is 13.6 Å². The van der Waals surface area contributed by atoms with Crippen molar-refractivity contribution in [2.75, 3.05) is 18.7 Å². The van der Waals surface area contributed by atoms with Crippen molar-refractivity contribution in [2.45, 2.75) is 25.2 Å². The Morgan fingerprint density at radius 2 is 1.74 bits per heavy atom. The fourth-order valence-electron chi connectivity index (χ4n) is 2.93. The van der Waals surface area contributed by atoms with Gasteiger partial charge in [-0.15, -0.1) is 0 Å². The second-order valence-electron chi connectivity index (χ2n) is 6.96. The highest BCUT2D eigenvalue weighted by atomic mass is 31.3. The van der Waals surface area contributed by atoms with Crippen molar-refractivity contribution in [2.24, 2.45) is 0 Å². The fourth-order valence-corrected chi connectivity index (χ4v) is 5.98. The number of aromatic nitrogens is 2. The van der Waals surface area contributed by atoms with Gasteiger partial charge in [0.25, 0.3) is 0 Å². The Hall–Kier alpha value is -1.93. The molecular formula is C16H22N3O13P3. The molecule has 0 radical (unpaired) electrons. The lowest BCUT2D eigenvalue weighted by atomic mass is 10.2. The SMILES string of the molecule is O=c1nc(NCOc2ccccc2)ccn1[C@H]1CC[C@@H](COP(=O)(O)OP(=O)(O)OP(=O)(O)O)O1. The number of rotatable bonds is 12. The van der Waals surface area contributed by atoms with Crippen molar-refractivity contribution >= 4 is 29.3 Å². The van der Waals surface area contributed by atoms with Crippen molar-refractivity contribution in [1.82, 2.24) is 9.55 Å². The minimum atomic E-state index is -5.60. The van der Waals surface area contributed by atoms with Crippen LogP contribution in [0.4, 0.5) is 5.82 Å². The topological polar surface area (TPSA) is 225 Å². The number of ether oxygens (including phenoxy) is 2. The third kappa shape index (κ3) is 9.22. The third-order valence-corrected chi connectivity index (χ3v) is 8.10. The predicted octanol–water partition coefficient (Wildman–Crippen LogP) is 1.71. The van der Waals surface area contributed by atoms with Gasteiger partial charge in [-0.05, 0) is 31.0 Å². The van der Waals surface area contributed by atoms with Gasteiger partial charge in [0.15, 0.2) is 6.73 Å². The molecule has 1 fully saturated rings. The Labute approximate surface area is 197 Å². The first-order valence-electron chi connectivity index (χ1n) is 9.77. The number of nitrogens with zero attached hydrogens (tertiary/aromatic N) is 2. The van der Waals surface area contributed by atoms with Crippen molar-refractivity contribution in [1.29, 1.82) is 0 Å². The fraction of sp³-hybridized carbons (Fsp3) is 0.375. The Balaban J connectivity index is 1.49. The van der Waals surface area contributed by atoms with E-state index in [4.69, 9.17) is 24.2 Å². The van der Waals surface area contributed by atoms with Crippen LogP contribution >= 0.6 is 23.5 Å². The summed E-state index contributed by atoms with van der Waals surface area (Å²) in [5, 5.41) is 2.85. The zero-order valence-corrected chi connectivity index (χ0v) is 20.4. The van der Waals surface area contributed by atoms with Gasteiger partial charge in [0, 0.05) is 6.20 Å². The molecule has 1 aliphatic heterocycles. The molecule has 16 nitrogen and oxygen atoms in total. The summed E-state index contributed by atoms with van der Waals surface area (Å²) in [6.07, 6.45) is 0.455. The summed E-state index contributed by atoms with van der Waals surface area (Å²) < 4.78 is 57.9. The maximum atomic E-state index is 12.4. The molecule has 2 heterocycles. The Morgan fingerprint density at radius 1 is 1.03 bits per heavy atom. The molecule has 3 rings (SSSR count). The molecule has 0 bridgehead atoms. The number of para-hydroxylation sites is 1. The van der Waals surface area contributed by atoms with E-state index in [1.54, 1.807) is 12.1 Å². The summed E-state index contributed by atoms with van der Waals surface area (Å²) in [6, 6.07) is 10.5. The number of hydrogen-bond donors (Lipinski definition) is 5. The second-order valence-corrected chi connectivity index (χ2v) is 11.4. The van der Waals surface area contributed by atoms with E-state index in [9.17, 15) is 23.4 Å². The summed E-state index contributed by atoms with van der Waals surface area (Å²) in [7, 11) is -16.3. The van der Waals surface area contributed by atoms with Crippen LogP contribution < -0.4 is 15.7 Å². The van der Waals surface area contributed by atoms with Crippen molar-refractivity contribution < 1.29 is 55.9 Å². The number of anilines is 1. The van der Waals surface area contributed by atoms with Crippen LogP contribution in [0.5, 0.6) is 5.75 Å². The Morgan fingerprint density at radius 3 is 2.40 bits per heavy atom. The van der Waals surface area contributed by atoms with Gasteiger partial charge in [0.05, 0.1) is 12.7 Å². The second kappa shape index (κ2) is 11.4. The molecule has 0 aliphatic carbocycles. The summed E-state index contributed by atoms with van der Waals surface area (Å²) in [5.74, 6) is 0.902. The van der Waals surface area contributed by atoms with Crippen LogP contribution in [-0.2, 0) is 31.6 Å². The van der Waals surface area contributed by atoms with Gasteiger partial charge in [-0.25, -0.2) is 18.5 Å². The summed E-state index contributed by atoms with van der Waals surface area (Å²) >= 11 is 0. The van der Waals surface area contributed by atoms with Crippen LogP contribution in [-0.4, -0.2) is 48.6 Å². The standard InChI is InChI=1S/C16H22N3O13P3/c20-16-18-14(17-11-28-12-4-2-1-3-5-12)8-9-19(16)15-7-6-13(30-15)10-29-34(24,25)32-35(26,27)31-33(21,22)23/h1-5,8-9,13,15H,6-7,10-11H2,(H,24,25)(H,26,27)(H,17,18,20)(H2,21,22,23)/t13-,15+/m0/s1. The van der Waals surface area contributed by atoms with Gasteiger partial charge < -0.3 is 34.4 Å². The predicted molar refractivity (Wildman–Crippen MR) is 117 cm³/mol. The van der Waals surface area contributed by atoms with Crippen LogP contribution in [0.2, 0.25) is 0 Å². The first-order valence-corrected chi connectivity index (χ1v) is 14.3. The molecule has 1 aromatic heterocycles. The lowest BCUT2D eigenvalue weighted by Crippen LogP contribution is -2.28. The molecule has 0 saturated carbocycles. The number of hydrogen-bond acceptors (Lipinski definition) is 11. The Bertz CT molecular complexity index is 1200. The van der Waals surface area contributed by atoms with E-state index < -0.39 is 48.1 Å². The van der Waals surface area contributed by atoms with E-state index >= 15 is 0 Å². The summed E-state index contributed by atoms with van der Waals surface area (Å²) in [5.41, 5.74) is -0.631. The van der Waals surface area contributed by atoms with E-state index in [-0.39, 0.29) is 19.0 Å². The van der Waals surface area contributed by atoms with Crippen LogP contribution in [0.15, 0.2) is 47.4 Å². The highest BCUT2D eigenvalue weighted by molar-refractivity contribution is 7.66. The molecule has 0 spiro atoms. The summed E-state index contributed by atoms with van der Waals surface area (Å²) in [6.45, 7) is -0.526. The molecule has 0 amide bonds. The summed E-state index contributed by atoms with van der Waals surface area (Å²) in [4.78, 5) is 52.0. The van der Waals surface area contributed by atoms with Crippen LogP contribution in [0.3, 0.4) is 0 Å². The molecule has 4 atom stereocenters. The maximum absolute atomic E-state index is 12.4. The number of phosphoric ester groups is 1. The highest BCUT2D eigenvalue weighted by Crippen LogP contribution is 2.66. The molecule has 2 unspecified atom stereocenters. The Kier molecular flexibility index (Phi) is 9.02. The largest absolute Gasteiger partial charge is 0.490 e. The number of nitrogens with one attached hydrogen (secondary N) is 1. The maximum Gasteiger partial charge on any atom is 0.490 e. The van der Waals surface area contributed by atoms with Crippen LogP contribution in [0, 0.1) is 0 Å². The van der Waals surface area contributed by atoms with Gasteiger partial charge in [0.2, 0.25) is 0 Å². The molecule has 1 saturated heterocycles. The first-order chi connectivity index (χ1) is 16.3. The number of benzene rings is 1. The van der Waals surface area contributed by atoms with E-state index in [0.29, 0.717) is 12.2 Å². The average Bonchev–Trinajstić information content (AvgIpc) is 3.19.